The zero-order valence-electron chi connectivity index (χ0n) is 11.8. The molecule has 0 bridgehead atoms. The predicted octanol–water partition coefficient (Wildman–Crippen LogP) is 3.05. The van der Waals surface area contributed by atoms with E-state index < -0.39 is 0 Å². The first-order valence-electron chi connectivity index (χ1n) is 7.60. The normalized spacial score (nSPS) is 22.8. The minimum atomic E-state index is 0.410. The van der Waals surface area contributed by atoms with Crippen molar-refractivity contribution < 1.29 is 4.74 Å². The van der Waals surface area contributed by atoms with Gasteiger partial charge >= 0.3 is 0 Å². The molecule has 1 saturated heterocycles. The van der Waals surface area contributed by atoms with Crippen molar-refractivity contribution in [2.45, 2.75) is 38.7 Å². The van der Waals surface area contributed by atoms with Gasteiger partial charge in [-0.15, -0.1) is 0 Å². The van der Waals surface area contributed by atoms with Crippen molar-refractivity contribution >= 4 is 11.4 Å². The second-order valence-electron chi connectivity index (χ2n) is 5.54. The van der Waals surface area contributed by atoms with Crippen LogP contribution < -0.4 is 10.2 Å². The van der Waals surface area contributed by atoms with Crippen LogP contribution in [0, 0.1) is 0 Å². The van der Waals surface area contributed by atoms with Gasteiger partial charge in [-0.25, -0.2) is 0 Å². The lowest BCUT2D eigenvalue weighted by molar-refractivity contribution is 0.0527. The summed E-state index contributed by atoms with van der Waals surface area (Å²) in [5.74, 6) is 0. The lowest BCUT2D eigenvalue weighted by atomic mass is 10.0. The van der Waals surface area contributed by atoms with Crippen LogP contribution in [-0.2, 0) is 11.2 Å². The predicted molar refractivity (Wildman–Crippen MR) is 80.1 cm³/mol. The molecular weight excluding hydrogens is 236 g/mol. The Morgan fingerprint density at radius 1 is 1.37 bits per heavy atom. The van der Waals surface area contributed by atoms with E-state index in [1.165, 1.54) is 42.6 Å². The van der Waals surface area contributed by atoms with Crippen LogP contribution in [0.15, 0.2) is 18.2 Å². The smallest absolute Gasteiger partial charge is 0.0750 e. The van der Waals surface area contributed by atoms with E-state index in [1.54, 1.807) is 0 Å². The van der Waals surface area contributed by atoms with Gasteiger partial charge in [-0.05, 0) is 56.4 Å². The number of aryl methyl sites for hydroxylation is 1. The maximum atomic E-state index is 5.79. The number of fused-ring (bicyclic) bond motifs is 1. The van der Waals surface area contributed by atoms with Gasteiger partial charge in [0.15, 0.2) is 0 Å². The van der Waals surface area contributed by atoms with Crippen molar-refractivity contribution in [3.8, 4) is 0 Å². The SMILES string of the molecule is CCOC1CCCN(c2ccc3c(c2)CCCN3)C1. The van der Waals surface area contributed by atoms with E-state index in [2.05, 4.69) is 35.3 Å². The quantitative estimate of drug-likeness (QED) is 0.904. The van der Waals surface area contributed by atoms with Crippen LogP contribution in [0.25, 0.3) is 0 Å². The highest BCUT2D eigenvalue weighted by Gasteiger charge is 2.21. The largest absolute Gasteiger partial charge is 0.385 e. The third-order valence-corrected chi connectivity index (χ3v) is 4.17. The van der Waals surface area contributed by atoms with Crippen molar-refractivity contribution in [3.63, 3.8) is 0 Å². The number of nitrogens with zero attached hydrogens (tertiary/aromatic N) is 1. The molecule has 0 amide bonds. The minimum Gasteiger partial charge on any atom is -0.385 e. The van der Waals surface area contributed by atoms with Crippen molar-refractivity contribution in [3.05, 3.63) is 23.8 Å². The molecule has 3 rings (SSSR count). The molecule has 3 heteroatoms. The summed E-state index contributed by atoms with van der Waals surface area (Å²) in [4.78, 5) is 2.48. The van der Waals surface area contributed by atoms with Gasteiger partial charge in [0.2, 0.25) is 0 Å². The van der Waals surface area contributed by atoms with Crippen LogP contribution in [0.5, 0.6) is 0 Å². The average molecular weight is 260 g/mol. The number of benzene rings is 1. The summed E-state index contributed by atoms with van der Waals surface area (Å²) in [6.07, 6.45) is 5.31. The summed E-state index contributed by atoms with van der Waals surface area (Å²) in [5, 5.41) is 3.48. The van der Waals surface area contributed by atoms with Crippen LogP contribution in [-0.4, -0.2) is 32.3 Å². The molecule has 1 aromatic rings. The molecule has 1 unspecified atom stereocenters. The highest BCUT2D eigenvalue weighted by molar-refractivity contribution is 5.62. The fourth-order valence-corrected chi connectivity index (χ4v) is 3.20. The summed E-state index contributed by atoms with van der Waals surface area (Å²) in [5.41, 5.74) is 4.17. The molecule has 2 heterocycles. The second-order valence-corrected chi connectivity index (χ2v) is 5.54. The van der Waals surface area contributed by atoms with Crippen molar-refractivity contribution in [2.24, 2.45) is 0 Å². The summed E-state index contributed by atoms with van der Waals surface area (Å²) in [7, 11) is 0. The Morgan fingerprint density at radius 2 is 2.32 bits per heavy atom. The highest BCUT2D eigenvalue weighted by atomic mass is 16.5. The summed E-state index contributed by atoms with van der Waals surface area (Å²) in [6, 6.07) is 6.87. The molecule has 0 spiro atoms. The molecule has 0 saturated carbocycles. The van der Waals surface area contributed by atoms with Gasteiger partial charge in [0.05, 0.1) is 6.10 Å². The average Bonchev–Trinajstić information content (AvgIpc) is 2.47. The minimum absolute atomic E-state index is 0.410. The van der Waals surface area contributed by atoms with Crippen LogP contribution >= 0.6 is 0 Å². The first kappa shape index (κ1) is 12.8. The molecule has 1 atom stereocenters. The molecule has 1 N–H and O–H groups in total. The number of hydrogen-bond acceptors (Lipinski definition) is 3. The van der Waals surface area contributed by atoms with Crippen LogP contribution in [0.1, 0.15) is 31.7 Å². The standard InChI is InChI=1S/C16H24N2O/c1-2-19-15-6-4-10-18(12-15)14-7-8-16-13(11-14)5-3-9-17-16/h7-8,11,15,17H,2-6,9-10,12H2,1H3. The third-order valence-electron chi connectivity index (χ3n) is 4.17. The van der Waals surface area contributed by atoms with Gasteiger partial charge in [0.1, 0.15) is 0 Å². The van der Waals surface area contributed by atoms with Crippen LogP contribution in [0.4, 0.5) is 11.4 Å². The molecule has 2 aliphatic rings. The maximum Gasteiger partial charge on any atom is 0.0750 e. The van der Waals surface area contributed by atoms with E-state index in [0.717, 1.165) is 26.2 Å². The maximum absolute atomic E-state index is 5.79. The van der Waals surface area contributed by atoms with Crippen LogP contribution in [0.2, 0.25) is 0 Å². The Bertz CT molecular complexity index is 431. The molecule has 0 radical (unpaired) electrons. The highest BCUT2D eigenvalue weighted by Crippen LogP contribution is 2.29. The molecule has 2 aliphatic heterocycles. The Balaban J connectivity index is 1.74. The van der Waals surface area contributed by atoms with Gasteiger partial charge < -0.3 is 15.0 Å². The van der Waals surface area contributed by atoms with Gasteiger partial charge in [0, 0.05) is 37.6 Å². The number of nitrogens with one attached hydrogen (secondary N) is 1. The summed E-state index contributed by atoms with van der Waals surface area (Å²) in [6.45, 7) is 6.23. The van der Waals surface area contributed by atoms with Crippen LogP contribution in [0.3, 0.4) is 0 Å². The molecule has 3 nitrogen and oxygen atoms in total. The monoisotopic (exact) mass is 260 g/mol. The zero-order chi connectivity index (χ0) is 13.1. The van der Waals surface area contributed by atoms with Gasteiger partial charge in [-0.2, -0.15) is 0 Å². The van der Waals surface area contributed by atoms with Crippen molar-refractivity contribution in [1.82, 2.24) is 0 Å². The number of ether oxygens (including phenoxy) is 1. The first-order valence-corrected chi connectivity index (χ1v) is 7.60. The lowest BCUT2D eigenvalue weighted by Gasteiger charge is -2.34. The van der Waals surface area contributed by atoms with E-state index in [0.29, 0.717) is 6.10 Å². The topological polar surface area (TPSA) is 24.5 Å². The Morgan fingerprint density at radius 3 is 3.21 bits per heavy atom. The Labute approximate surface area is 115 Å². The third kappa shape index (κ3) is 2.86. The fourth-order valence-electron chi connectivity index (χ4n) is 3.20. The molecule has 1 aromatic carbocycles. The van der Waals surface area contributed by atoms with Crippen molar-refractivity contribution in [1.29, 1.82) is 0 Å². The number of piperidine rings is 1. The molecule has 0 aliphatic carbocycles. The summed E-state index contributed by atoms with van der Waals surface area (Å²) < 4.78 is 5.79. The lowest BCUT2D eigenvalue weighted by Crippen LogP contribution is -2.39. The second kappa shape index (κ2) is 5.83. The first-order chi connectivity index (χ1) is 9.36. The van der Waals surface area contributed by atoms with E-state index in [9.17, 15) is 0 Å². The Hall–Kier alpha value is -1.22. The van der Waals surface area contributed by atoms with Crippen molar-refractivity contribution in [2.75, 3.05) is 36.5 Å². The number of rotatable bonds is 3. The zero-order valence-corrected chi connectivity index (χ0v) is 11.8. The van der Waals surface area contributed by atoms with E-state index >= 15 is 0 Å². The molecule has 0 aromatic heterocycles. The van der Waals surface area contributed by atoms with E-state index in [-0.39, 0.29) is 0 Å². The van der Waals surface area contributed by atoms with Gasteiger partial charge in [-0.1, -0.05) is 0 Å². The fraction of sp³-hybridized carbons (Fsp3) is 0.625. The van der Waals surface area contributed by atoms with Gasteiger partial charge in [-0.3, -0.25) is 0 Å². The molecule has 1 fully saturated rings. The number of hydrogen-bond donors (Lipinski definition) is 1. The van der Waals surface area contributed by atoms with E-state index in [4.69, 9.17) is 4.74 Å². The number of anilines is 2. The van der Waals surface area contributed by atoms with E-state index in [1.807, 2.05) is 0 Å². The summed E-state index contributed by atoms with van der Waals surface area (Å²) >= 11 is 0. The Kier molecular flexibility index (Phi) is 3.92. The molecule has 104 valence electrons. The van der Waals surface area contributed by atoms with Gasteiger partial charge in [0.25, 0.3) is 0 Å². The molecular formula is C16H24N2O. The molecule has 19 heavy (non-hydrogen) atoms.